The van der Waals surface area contributed by atoms with Gasteiger partial charge >= 0.3 is 6.09 Å². The number of anilines is 4. The molecule has 2 aliphatic rings. The number of piperazine rings is 2. The fraction of sp³-hybridized carbons (Fsp3) is 0.324. The highest BCUT2D eigenvalue weighted by molar-refractivity contribution is 7.13. The first kappa shape index (κ1) is 39.8. The number of nitrogens with zero attached hydrogens (tertiary/aromatic N) is 9. The van der Waals surface area contributed by atoms with E-state index < -0.39 is 5.60 Å². The Hall–Kier alpha value is -5.41. The summed E-state index contributed by atoms with van der Waals surface area (Å²) in [6, 6.07) is 7.48. The topological polar surface area (TPSA) is 184 Å². The first-order valence-electron chi connectivity index (χ1n) is 18.0. The molecule has 3 amide bonds. The molecule has 8 heterocycles. The molecule has 0 aliphatic carbocycles. The maximum atomic E-state index is 12.8. The van der Waals surface area contributed by atoms with Crippen molar-refractivity contribution in [3.63, 3.8) is 0 Å². The van der Waals surface area contributed by atoms with Crippen molar-refractivity contribution < 1.29 is 19.1 Å². The molecule has 20 heteroatoms. The van der Waals surface area contributed by atoms with Gasteiger partial charge in [0.05, 0.1) is 23.8 Å². The Kier molecular flexibility index (Phi) is 12.7. The fourth-order valence-electron chi connectivity index (χ4n) is 5.76. The lowest BCUT2D eigenvalue weighted by Crippen LogP contribution is -2.50. The molecule has 16 nitrogen and oxygen atoms in total. The number of pyridine rings is 2. The standard InChI is InChI=1S/C21H24N6O3S2.C16H16N6OS2/c1-21(2,3)30-20(29)27-10-8-26(9-11-27)19-15(12-23-32-19)24-17(28)16-13-31-18(25-16)14-4-6-22-7-5-14;23-14(13-10-24-15(21-13)11-1-3-17-4-2-11)20-12-9-19-25-16(12)22-7-5-18-6-8-22/h4-7,12-13H,8-11H2,1-3H3,(H,24,28);1-4,9-10,18H,5-8H2,(H,20,23). The molecule has 8 rings (SSSR count). The van der Waals surface area contributed by atoms with Crippen LogP contribution in [0.25, 0.3) is 21.1 Å². The molecular formula is C37H40N12O4S4. The molecular weight excluding hydrogens is 805 g/mol. The van der Waals surface area contributed by atoms with Crippen molar-refractivity contribution in [2.45, 2.75) is 26.4 Å². The molecule has 3 N–H and O–H groups in total. The predicted octanol–water partition coefficient (Wildman–Crippen LogP) is 6.29. The van der Waals surface area contributed by atoms with Gasteiger partial charge in [0.2, 0.25) is 0 Å². The molecule has 296 valence electrons. The number of amides is 3. The van der Waals surface area contributed by atoms with Gasteiger partial charge in [-0.05, 0) is 68.1 Å². The largest absolute Gasteiger partial charge is 0.444 e. The van der Waals surface area contributed by atoms with Crippen LogP contribution in [0.1, 0.15) is 41.7 Å². The van der Waals surface area contributed by atoms with E-state index in [1.54, 1.807) is 52.8 Å². The van der Waals surface area contributed by atoms with Crippen molar-refractivity contribution in [2.75, 3.05) is 72.8 Å². The monoisotopic (exact) mass is 844 g/mol. The minimum Gasteiger partial charge on any atom is -0.444 e. The van der Waals surface area contributed by atoms with Gasteiger partial charge in [-0.3, -0.25) is 19.6 Å². The lowest BCUT2D eigenvalue weighted by molar-refractivity contribution is 0.0240. The molecule has 6 aromatic heterocycles. The van der Waals surface area contributed by atoms with Crippen LogP contribution in [-0.4, -0.2) is 109 Å². The van der Waals surface area contributed by atoms with Gasteiger partial charge in [-0.15, -0.1) is 22.7 Å². The van der Waals surface area contributed by atoms with Gasteiger partial charge in [-0.2, -0.15) is 8.75 Å². The summed E-state index contributed by atoms with van der Waals surface area (Å²) in [4.78, 5) is 60.6. The number of carbonyl (C=O) groups is 3. The molecule has 2 aliphatic heterocycles. The van der Waals surface area contributed by atoms with E-state index in [0.29, 0.717) is 43.3 Å². The van der Waals surface area contributed by atoms with Crippen molar-refractivity contribution in [2.24, 2.45) is 0 Å². The smallest absolute Gasteiger partial charge is 0.410 e. The zero-order chi connectivity index (χ0) is 39.8. The van der Waals surface area contributed by atoms with Gasteiger partial charge in [-0.25, -0.2) is 14.8 Å². The Bertz CT molecular complexity index is 2260. The zero-order valence-electron chi connectivity index (χ0n) is 31.4. The van der Waals surface area contributed by atoms with E-state index in [9.17, 15) is 14.4 Å². The number of thiazole rings is 2. The van der Waals surface area contributed by atoms with Crippen molar-refractivity contribution in [3.8, 4) is 21.1 Å². The van der Waals surface area contributed by atoms with Gasteiger partial charge < -0.3 is 35.4 Å². The number of aromatic nitrogens is 6. The Labute approximate surface area is 345 Å². The summed E-state index contributed by atoms with van der Waals surface area (Å²) in [5.74, 6) is -0.497. The third-order valence-electron chi connectivity index (χ3n) is 8.55. The summed E-state index contributed by atoms with van der Waals surface area (Å²) in [6.45, 7) is 11.6. The third-order valence-corrected chi connectivity index (χ3v) is 12.1. The molecule has 0 bridgehead atoms. The van der Waals surface area contributed by atoms with Crippen LogP contribution in [0.3, 0.4) is 0 Å². The average molecular weight is 845 g/mol. The van der Waals surface area contributed by atoms with E-state index in [1.165, 1.54) is 45.7 Å². The average Bonchev–Trinajstić information content (AvgIpc) is 4.07. The molecule has 0 atom stereocenters. The van der Waals surface area contributed by atoms with Crippen LogP contribution in [0.15, 0.2) is 72.2 Å². The highest BCUT2D eigenvalue weighted by Gasteiger charge is 2.28. The van der Waals surface area contributed by atoms with Crippen LogP contribution < -0.4 is 25.8 Å². The molecule has 0 radical (unpaired) electrons. The van der Waals surface area contributed by atoms with Crippen molar-refractivity contribution in [1.82, 2.24) is 38.9 Å². The van der Waals surface area contributed by atoms with E-state index in [0.717, 1.165) is 63.0 Å². The lowest BCUT2D eigenvalue weighted by atomic mass is 10.2. The molecule has 2 fully saturated rings. The highest BCUT2D eigenvalue weighted by atomic mass is 32.1. The summed E-state index contributed by atoms with van der Waals surface area (Å²) >= 11 is 5.58. The number of ether oxygens (including phenoxy) is 1. The number of hydrogen-bond acceptors (Lipinski definition) is 17. The second-order valence-electron chi connectivity index (χ2n) is 13.7. The Morgan fingerprint density at radius 1 is 0.684 bits per heavy atom. The molecule has 57 heavy (non-hydrogen) atoms. The third kappa shape index (κ3) is 10.3. The van der Waals surface area contributed by atoms with Crippen LogP contribution in [0, 0.1) is 0 Å². The molecule has 6 aromatic rings. The minimum atomic E-state index is -0.518. The number of hydrogen-bond donors (Lipinski definition) is 3. The minimum absolute atomic E-state index is 0.215. The maximum Gasteiger partial charge on any atom is 0.410 e. The maximum absolute atomic E-state index is 12.8. The first-order valence-corrected chi connectivity index (χ1v) is 21.3. The van der Waals surface area contributed by atoms with Gasteiger partial charge in [0.1, 0.15) is 37.0 Å². The Morgan fingerprint density at radius 2 is 1.14 bits per heavy atom. The van der Waals surface area contributed by atoms with Gasteiger partial charge in [0.25, 0.3) is 11.8 Å². The van der Waals surface area contributed by atoms with Gasteiger partial charge in [0.15, 0.2) is 0 Å². The fourth-order valence-corrected chi connectivity index (χ4v) is 8.89. The summed E-state index contributed by atoms with van der Waals surface area (Å²) in [7, 11) is 0. The second kappa shape index (κ2) is 18.2. The van der Waals surface area contributed by atoms with Crippen molar-refractivity contribution in [1.29, 1.82) is 0 Å². The van der Waals surface area contributed by atoms with Gasteiger partial charge in [0, 0.05) is 99.0 Å². The van der Waals surface area contributed by atoms with E-state index in [2.05, 4.69) is 54.4 Å². The zero-order valence-corrected chi connectivity index (χ0v) is 34.6. The molecule has 2 saturated heterocycles. The van der Waals surface area contributed by atoms with Crippen LogP contribution in [-0.2, 0) is 4.74 Å². The van der Waals surface area contributed by atoms with Crippen LogP contribution in [0.2, 0.25) is 0 Å². The van der Waals surface area contributed by atoms with Gasteiger partial charge in [-0.1, -0.05) is 0 Å². The number of carbonyl (C=O) groups excluding carboxylic acids is 3. The molecule has 0 unspecified atom stereocenters. The Balaban J connectivity index is 0.000000179. The highest BCUT2D eigenvalue weighted by Crippen LogP contribution is 2.33. The van der Waals surface area contributed by atoms with Crippen LogP contribution in [0.5, 0.6) is 0 Å². The quantitative estimate of drug-likeness (QED) is 0.155. The van der Waals surface area contributed by atoms with Crippen molar-refractivity contribution in [3.05, 3.63) is 83.6 Å². The van der Waals surface area contributed by atoms with E-state index >= 15 is 0 Å². The summed E-state index contributed by atoms with van der Waals surface area (Å²) in [5, 5.41) is 16.1. The second-order valence-corrected chi connectivity index (χ2v) is 17.0. The number of rotatable bonds is 8. The SMILES string of the molecule is CC(C)(C)OC(=O)N1CCN(c2sncc2NC(=O)c2csc(-c3ccncc3)n2)CC1.O=C(Nc1cnsc1N1CCNCC1)c1csc(-c2ccncc2)n1. The van der Waals surface area contributed by atoms with Crippen molar-refractivity contribution >= 4 is 85.0 Å². The predicted molar refractivity (Wildman–Crippen MR) is 226 cm³/mol. The van der Waals surface area contributed by atoms with E-state index in [1.807, 2.05) is 45.0 Å². The van der Waals surface area contributed by atoms with E-state index in [4.69, 9.17) is 4.74 Å². The molecule has 0 saturated carbocycles. The molecule has 0 spiro atoms. The van der Waals surface area contributed by atoms with Crippen LogP contribution >= 0.6 is 45.7 Å². The number of nitrogens with one attached hydrogen (secondary N) is 3. The lowest BCUT2D eigenvalue weighted by Gasteiger charge is -2.36. The summed E-state index contributed by atoms with van der Waals surface area (Å²) in [5.41, 5.74) is 3.51. The normalized spacial score (nSPS) is 14.4. The van der Waals surface area contributed by atoms with E-state index in [-0.39, 0.29) is 17.9 Å². The van der Waals surface area contributed by atoms with Crippen LogP contribution in [0.4, 0.5) is 26.2 Å². The first-order chi connectivity index (χ1) is 27.6. The Morgan fingerprint density at radius 3 is 1.60 bits per heavy atom. The summed E-state index contributed by atoms with van der Waals surface area (Å²) in [6.07, 6.45) is 9.87. The molecule has 0 aromatic carbocycles. The summed E-state index contributed by atoms with van der Waals surface area (Å²) < 4.78 is 13.9.